The van der Waals surface area contributed by atoms with Gasteiger partial charge in [-0.1, -0.05) is 6.92 Å². The van der Waals surface area contributed by atoms with Gasteiger partial charge in [-0.25, -0.2) is 19.7 Å². The van der Waals surface area contributed by atoms with Crippen LogP contribution in [0.5, 0.6) is 0 Å². The van der Waals surface area contributed by atoms with Gasteiger partial charge in [0.1, 0.15) is 16.4 Å². The van der Waals surface area contributed by atoms with Crippen molar-refractivity contribution in [2.45, 2.75) is 23.4 Å². The van der Waals surface area contributed by atoms with Crippen LogP contribution in [0, 0.1) is 0 Å². The molecule has 0 aliphatic heterocycles. The van der Waals surface area contributed by atoms with Crippen molar-refractivity contribution in [2.75, 3.05) is 0 Å². The number of pyridine rings is 1. The zero-order chi connectivity index (χ0) is 13.0. The lowest BCUT2D eigenvalue weighted by atomic mass is 10.3. The summed E-state index contributed by atoms with van der Waals surface area (Å²) in [5.74, 6) is -0.977. The van der Waals surface area contributed by atoms with E-state index in [0.29, 0.717) is 5.03 Å². The number of hydrogen-bond acceptors (Lipinski definition) is 5. The van der Waals surface area contributed by atoms with Gasteiger partial charge in [0.2, 0.25) is 0 Å². The second kappa shape index (κ2) is 5.59. The lowest BCUT2D eigenvalue weighted by molar-refractivity contribution is 0.0696. The number of aromatic nitrogens is 3. The third-order valence-electron chi connectivity index (χ3n) is 2.25. The minimum absolute atomic E-state index is 0.177. The van der Waals surface area contributed by atoms with E-state index in [2.05, 4.69) is 15.0 Å². The maximum atomic E-state index is 10.7. The molecule has 0 amide bonds. The molecule has 0 unspecified atom stereocenters. The summed E-state index contributed by atoms with van der Waals surface area (Å²) in [6, 6.07) is 5.10. The summed E-state index contributed by atoms with van der Waals surface area (Å²) in [5.41, 5.74) is 1.14. The Bertz CT molecular complexity index is 558. The molecule has 0 spiro atoms. The minimum Gasteiger partial charge on any atom is -0.478 e. The summed E-state index contributed by atoms with van der Waals surface area (Å²) < 4.78 is 0. The average Bonchev–Trinajstić information content (AvgIpc) is 2.39. The molecule has 0 aromatic carbocycles. The lowest BCUT2D eigenvalue weighted by Crippen LogP contribution is -1.97. The van der Waals surface area contributed by atoms with Crippen molar-refractivity contribution in [3.05, 3.63) is 42.0 Å². The molecule has 5 nitrogen and oxygen atoms in total. The van der Waals surface area contributed by atoms with Crippen LogP contribution in [-0.2, 0) is 6.42 Å². The number of carboxylic acid groups (broad SMARTS) is 1. The third kappa shape index (κ3) is 3.04. The average molecular weight is 261 g/mol. The van der Waals surface area contributed by atoms with Crippen LogP contribution in [0.1, 0.15) is 23.0 Å². The number of hydrogen-bond donors (Lipinski definition) is 1. The Labute approximate surface area is 108 Å². The summed E-state index contributed by atoms with van der Waals surface area (Å²) >= 11 is 1.38. The van der Waals surface area contributed by atoms with Crippen molar-refractivity contribution in [3.8, 4) is 0 Å². The van der Waals surface area contributed by atoms with Crippen LogP contribution in [0.25, 0.3) is 0 Å². The smallest absolute Gasteiger partial charge is 0.337 e. The van der Waals surface area contributed by atoms with Gasteiger partial charge in [-0.3, -0.25) is 0 Å². The van der Waals surface area contributed by atoms with Crippen LogP contribution in [0.15, 0.2) is 40.8 Å². The van der Waals surface area contributed by atoms with Crippen molar-refractivity contribution in [2.24, 2.45) is 0 Å². The Hall–Kier alpha value is -1.95. The first-order valence-electron chi connectivity index (χ1n) is 5.37. The monoisotopic (exact) mass is 261 g/mol. The molecule has 1 N–H and O–H groups in total. The Kier molecular flexibility index (Phi) is 3.88. The van der Waals surface area contributed by atoms with Gasteiger partial charge in [0.05, 0.1) is 5.56 Å². The highest BCUT2D eigenvalue weighted by atomic mass is 32.2. The van der Waals surface area contributed by atoms with Crippen molar-refractivity contribution in [3.63, 3.8) is 0 Å². The van der Waals surface area contributed by atoms with E-state index < -0.39 is 5.97 Å². The van der Waals surface area contributed by atoms with Gasteiger partial charge in [-0.15, -0.1) is 0 Å². The van der Waals surface area contributed by atoms with Gasteiger partial charge >= 0.3 is 5.97 Å². The van der Waals surface area contributed by atoms with Crippen molar-refractivity contribution < 1.29 is 9.90 Å². The molecular formula is C12H11N3O2S. The first kappa shape index (κ1) is 12.5. The zero-order valence-electron chi connectivity index (χ0n) is 9.70. The fourth-order valence-electron chi connectivity index (χ4n) is 1.30. The maximum absolute atomic E-state index is 10.7. The first-order chi connectivity index (χ1) is 8.69. The van der Waals surface area contributed by atoms with E-state index in [9.17, 15) is 4.79 Å². The molecule has 0 aliphatic rings. The van der Waals surface area contributed by atoms with E-state index in [-0.39, 0.29) is 5.56 Å². The number of aromatic carboxylic acids is 1. The number of nitrogens with zero attached hydrogens (tertiary/aromatic N) is 3. The highest BCUT2D eigenvalue weighted by molar-refractivity contribution is 7.99. The first-order valence-corrected chi connectivity index (χ1v) is 6.19. The van der Waals surface area contributed by atoms with Crippen molar-refractivity contribution >= 4 is 17.7 Å². The Morgan fingerprint density at radius 3 is 2.72 bits per heavy atom. The standard InChI is InChI=1S/C12H11N3O2S/c1-2-9-5-11(15-7-14-9)18-10-4-3-8(6-13-10)12(16)17/h3-7H,2H2,1H3,(H,16,17). The highest BCUT2D eigenvalue weighted by Crippen LogP contribution is 2.24. The maximum Gasteiger partial charge on any atom is 0.337 e. The summed E-state index contributed by atoms with van der Waals surface area (Å²) in [6.45, 7) is 2.02. The number of carboxylic acids is 1. The van der Waals surface area contributed by atoms with Crippen LogP contribution in [-0.4, -0.2) is 26.0 Å². The third-order valence-corrected chi connectivity index (χ3v) is 3.14. The summed E-state index contributed by atoms with van der Waals surface area (Å²) in [7, 11) is 0. The molecule has 18 heavy (non-hydrogen) atoms. The van der Waals surface area contributed by atoms with E-state index >= 15 is 0 Å². The number of aryl methyl sites for hydroxylation is 1. The molecule has 2 aromatic rings. The molecule has 0 saturated heterocycles. The molecule has 0 radical (unpaired) electrons. The molecule has 0 fully saturated rings. The van der Waals surface area contributed by atoms with E-state index in [1.807, 2.05) is 13.0 Å². The van der Waals surface area contributed by atoms with E-state index in [4.69, 9.17) is 5.11 Å². The highest BCUT2D eigenvalue weighted by Gasteiger charge is 2.05. The molecule has 6 heteroatoms. The minimum atomic E-state index is -0.977. The van der Waals surface area contributed by atoms with Gasteiger partial charge in [0, 0.05) is 11.9 Å². The molecule has 2 aromatic heterocycles. The van der Waals surface area contributed by atoms with E-state index in [1.165, 1.54) is 30.4 Å². The zero-order valence-corrected chi connectivity index (χ0v) is 10.5. The fourth-order valence-corrected chi connectivity index (χ4v) is 2.05. The molecule has 2 heterocycles. The molecule has 92 valence electrons. The fraction of sp³-hybridized carbons (Fsp3) is 0.167. The number of carbonyl (C=O) groups is 1. The largest absolute Gasteiger partial charge is 0.478 e. The summed E-state index contributed by atoms with van der Waals surface area (Å²) in [4.78, 5) is 23.0. The SMILES string of the molecule is CCc1cc(Sc2ccc(C(=O)O)cn2)ncn1. The molecule has 2 rings (SSSR count). The van der Waals surface area contributed by atoms with Crippen LogP contribution in [0.3, 0.4) is 0 Å². The molecule has 0 saturated carbocycles. The van der Waals surface area contributed by atoms with Crippen LogP contribution < -0.4 is 0 Å². The molecule has 0 atom stereocenters. The quantitative estimate of drug-likeness (QED) is 0.851. The van der Waals surface area contributed by atoms with Gasteiger partial charge < -0.3 is 5.11 Å². The number of rotatable bonds is 4. The van der Waals surface area contributed by atoms with Gasteiger partial charge in [-0.2, -0.15) is 0 Å². The van der Waals surface area contributed by atoms with Gasteiger partial charge in [-0.05, 0) is 36.4 Å². The van der Waals surface area contributed by atoms with E-state index in [1.54, 1.807) is 6.07 Å². The van der Waals surface area contributed by atoms with Crippen molar-refractivity contribution in [1.29, 1.82) is 0 Å². The topological polar surface area (TPSA) is 76.0 Å². The van der Waals surface area contributed by atoms with Crippen LogP contribution in [0.4, 0.5) is 0 Å². The molecule has 0 aliphatic carbocycles. The predicted octanol–water partition coefficient (Wildman–Crippen LogP) is 2.28. The predicted molar refractivity (Wildman–Crippen MR) is 66.7 cm³/mol. The summed E-state index contributed by atoms with van der Waals surface area (Å²) in [6.07, 6.45) is 3.71. The van der Waals surface area contributed by atoms with Crippen molar-refractivity contribution in [1.82, 2.24) is 15.0 Å². The second-order valence-electron chi connectivity index (χ2n) is 3.49. The molecular weight excluding hydrogens is 250 g/mol. The summed E-state index contributed by atoms with van der Waals surface area (Å²) in [5, 5.41) is 10.3. The second-order valence-corrected chi connectivity index (χ2v) is 4.53. The van der Waals surface area contributed by atoms with Gasteiger partial charge in [0.15, 0.2) is 0 Å². The van der Waals surface area contributed by atoms with Gasteiger partial charge in [0.25, 0.3) is 0 Å². The molecule has 0 bridgehead atoms. The van der Waals surface area contributed by atoms with Crippen LogP contribution >= 0.6 is 11.8 Å². The van der Waals surface area contributed by atoms with E-state index in [0.717, 1.165) is 17.1 Å². The Morgan fingerprint density at radius 2 is 2.11 bits per heavy atom. The Balaban J connectivity index is 2.15. The lowest BCUT2D eigenvalue weighted by Gasteiger charge is -2.01. The Morgan fingerprint density at radius 1 is 1.28 bits per heavy atom. The van der Waals surface area contributed by atoms with Crippen LogP contribution in [0.2, 0.25) is 0 Å². The normalized spacial score (nSPS) is 10.3.